The molecule has 1 saturated heterocycles. The number of thioether (sulfide) groups is 1. The summed E-state index contributed by atoms with van der Waals surface area (Å²) in [5, 5.41) is 2.48. The van der Waals surface area contributed by atoms with Gasteiger partial charge in [-0.1, -0.05) is 60.4 Å². The van der Waals surface area contributed by atoms with Crippen molar-refractivity contribution in [1.29, 1.82) is 0 Å². The summed E-state index contributed by atoms with van der Waals surface area (Å²) in [6.45, 7) is 4.20. The molecule has 24 heavy (non-hydrogen) atoms. The maximum absolute atomic E-state index is 12.8. The Hall–Kier alpha value is -1.91. The molecule has 2 aliphatic rings. The summed E-state index contributed by atoms with van der Waals surface area (Å²) in [7, 11) is 0. The molecule has 0 bridgehead atoms. The van der Waals surface area contributed by atoms with Crippen LogP contribution in [0, 0.1) is 0 Å². The smallest absolute Gasteiger partial charge is 0.266 e. The number of carbonyl (C=O) groups is 1. The molecule has 0 N–H and O–H groups in total. The highest BCUT2D eigenvalue weighted by molar-refractivity contribution is 8.26. The van der Waals surface area contributed by atoms with Gasteiger partial charge in [-0.2, -0.15) is 0 Å². The third-order valence-electron chi connectivity index (χ3n) is 4.60. The third-order valence-corrected chi connectivity index (χ3v) is 6.09. The molecule has 1 amide bonds. The van der Waals surface area contributed by atoms with Crippen LogP contribution in [0.15, 0.2) is 54.0 Å². The van der Waals surface area contributed by atoms with Crippen molar-refractivity contribution >= 4 is 50.6 Å². The molecule has 2 aromatic rings. The van der Waals surface area contributed by atoms with Gasteiger partial charge in [0.15, 0.2) is 0 Å². The maximum Gasteiger partial charge on any atom is 0.266 e. The average molecular weight is 351 g/mol. The average Bonchev–Trinajstić information content (AvgIpc) is 2.88. The van der Waals surface area contributed by atoms with Gasteiger partial charge in [-0.15, -0.1) is 6.58 Å². The predicted molar refractivity (Wildman–Crippen MR) is 106 cm³/mol. The van der Waals surface area contributed by atoms with E-state index in [0.29, 0.717) is 10.9 Å². The van der Waals surface area contributed by atoms with E-state index in [1.54, 1.807) is 11.0 Å². The third kappa shape index (κ3) is 2.50. The van der Waals surface area contributed by atoms with Crippen LogP contribution in [0.2, 0.25) is 0 Å². The summed E-state index contributed by atoms with van der Waals surface area (Å²) in [6.07, 6.45) is 4.80. The molecule has 1 aliphatic carbocycles. The van der Waals surface area contributed by atoms with E-state index in [1.807, 2.05) is 0 Å². The van der Waals surface area contributed by atoms with Gasteiger partial charge in [0.25, 0.3) is 5.91 Å². The molecule has 0 saturated carbocycles. The summed E-state index contributed by atoms with van der Waals surface area (Å²) >= 11 is 6.83. The summed E-state index contributed by atoms with van der Waals surface area (Å²) in [4.78, 5) is 15.2. The van der Waals surface area contributed by atoms with Crippen LogP contribution >= 0.6 is 24.0 Å². The van der Waals surface area contributed by atoms with Crippen molar-refractivity contribution in [2.24, 2.45) is 0 Å². The van der Waals surface area contributed by atoms with Crippen LogP contribution in [-0.2, 0) is 11.2 Å². The molecule has 1 fully saturated rings. The van der Waals surface area contributed by atoms with Crippen LogP contribution in [-0.4, -0.2) is 21.7 Å². The predicted octanol–water partition coefficient (Wildman–Crippen LogP) is 4.93. The van der Waals surface area contributed by atoms with Crippen molar-refractivity contribution in [2.75, 3.05) is 6.54 Å². The Morgan fingerprint density at radius 2 is 1.96 bits per heavy atom. The van der Waals surface area contributed by atoms with E-state index in [9.17, 15) is 4.79 Å². The lowest BCUT2D eigenvalue weighted by atomic mass is 9.85. The van der Waals surface area contributed by atoms with Gasteiger partial charge >= 0.3 is 0 Å². The molecular formula is C20H17NOS2. The zero-order valence-electron chi connectivity index (χ0n) is 13.2. The Morgan fingerprint density at radius 3 is 2.71 bits per heavy atom. The molecule has 0 unspecified atom stereocenters. The van der Waals surface area contributed by atoms with Crippen molar-refractivity contribution in [2.45, 2.75) is 19.3 Å². The first-order chi connectivity index (χ1) is 11.7. The van der Waals surface area contributed by atoms with Crippen LogP contribution in [0.4, 0.5) is 0 Å². The van der Waals surface area contributed by atoms with E-state index >= 15 is 0 Å². The van der Waals surface area contributed by atoms with Crippen LogP contribution in [0.3, 0.4) is 0 Å². The van der Waals surface area contributed by atoms with Gasteiger partial charge in [-0.3, -0.25) is 9.69 Å². The molecule has 1 aliphatic heterocycles. The fourth-order valence-corrected chi connectivity index (χ4v) is 4.85. The Morgan fingerprint density at radius 1 is 1.21 bits per heavy atom. The number of hydrogen-bond acceptors (Lipinski definition) is 3. The zero-order valence-corrected chi connectivity index (χ0v) is 14.9. The lowest BCUT2D eigenvalue weighted by Crippen LogP contribution is -2.28. The lowest BCUT2D eigenvalue weighted by molar-refractivity contribution is -0.121. The number of rotatable bonds is 2. The largest absolute Gasteiger partial charge is 0.289 e. The van der Waals surface area contributed by atoms with Crippen molar-refractivity contribution in [3.63, 3.8) is 0 Å². The molecule has 1 heterocycles. The Kier molecular flexibility index (Phi) is 4.02. The quantitative estimate of drug-likeness (QED) is 0.434. The fraction of sp³-hybridized carbons (Fsp3) is 0.200. The van der Waals surface area contributed by atoms with Crippen molar-refractivity contribution in [3.8, 4) is 0 Å². The number of amides is 1. The highest BCUT2D eigenvalue weighted by Crippen LogP contribution is 2.42. The minimum atomic E-state index is 0.0286. The topological polar surface area (TPSA) is 20.3 Å². The second kappa shape index (κ2) is 6.19. The van der Waals surface area contributed by atoms with E-state index < -0.39 is 0 Å². The standard InChI is InChI=1S/C20H17NOS2/c1-2-10-21-19(22)18(24-20(21)23)16-9-5-8-15-11-13-6-3-4-7-14(13)12-17(15)16/h2-4,6-7,11-12H,1,5,8-10H2. The van der Waals surface area contributed by atoms with Crippen LogP contribution < -0.4 is 0 Å². The normalized spacial score (nSPS) is 20.6. The Bertz CT molecular complexity index is 913. The van der Waals surface area contributed by atoms with E-state index in [2.05, 4.69) is 43.0 Å². The van der Waals surface area contributed by atoms with Crippen molar-refractivity contribution in [1.82, 2.24) is 4.90 Å². The Labute approximate surface area is 151 Å². The maximum atomic E-state index is 12.8. The zero-order chi connectivity index (χ0) is 16.7. The lowest BCUT2D eigenvalue weighted by Gasteiger charge is -2.21. The molecule has 2 nitrogen and oxygen atoms in total. The van der Waals surface area contributed by atoms with Crippen molar-refractivity contribution in [3.05, 3.63) is 65.1 Å². The Balaban J connectivity index is 1.87. The number of hydrogen-bond donors (Lipinski definition) is 0. The van der Waals surface area contributed by atoms with Gasteiger partial charge in [0.2, 0.25) is 0 Å². The first-order valence-corrected chi connectivity index (χ1v) is 9.31. The van der Waals surface area contributed by atoms with Gasteiger partial charge in [-0.25, -0.2) is 0 Å². The second-order valence-corrected chi connectivity index (χ2v) is 7.73. The molecule has 120 valence electrons. The van der Waals surface area contributed by atoms with E-state index in [0.717, 1.165) is 29.7 Å². The van der Waals surface area contributed by atoms with E-state index in [-0.39, 0.29) is 5.91 Å². The SMILES string of the molecule is C=CCN1C(=O)C(=C2CCCc3cc4ccccc4cc32)SC1=S. The van der Waals surface area contributed by atoms with Crippen molar-refractivity contribution < 1.29 is 4.79 Å². The minimum absolute atomic E-state index is 0.0286. The van der Waals surface area contributed by atoms with E-state index in [4.69, 9.17) is 12.2 Å². The number of thiocarbonyl (C=S) groups is 1. The minimum Gasteiger partial charge on any atom is -0.289 e. The molecule has 4 heteroatoms. The molecule has 0 aromatic heterocycles. The van der Waals surface area contributed by atoms with Crippen LogP contribution in [0.1, 0.15) is 24.0 Å². The highest BCUT2D eigenvalue weighted by atomic mass is 32.2. The number of nitrogens with zero attached hydrogens (tertiary/aromatic N) is 1. The van der Waals surface area contributed by atoms with Gasteiger partial charge < -0.3 is 0 Å². The summed E-state index contributed by atoms with van der Waals surface area (Å²) < 4.78 is 0.635. The second-order valence-electron chi connectivity index (χ2n) is 6.09. The molecule has 2 aromatic carbocycles. The summed E-state index contributed by atoms with van der Waals surface area (Å²) in [6, 6.07) is 12.9. The van der Waals surface area contributed by atoms with Crippen LogP contribution in [0.5, 0.6) is 0 Å². The number of aryl methyl sites for hydroxylation is 1. The number of fused-ring (bicyclic) bond motifs is 2. The number of benzene rings is 2. The summed E-state index contributed by atoms with van der Waals surface area (Å²) in [5.74, 6) is 0.0286. The fourth-order valence-electron chi connectivity index (χ4n) is 3.47. The monoisotopic (exact) mass is 351 g/mol. The summed E-state index contributed by atoms with van der Waals surface area (Å²) in [5.41, 5.74) is 3.72. The van der Waals surface area contributed by atoms with Gasteiger partial charge in [-0.05, 0) is 52.8 Å². The van der Waals surface area contributed by atoms with Gasteiger partial charge in [0.1, 0.15) is 4.32 Å². The molecule has 0 atom stereocenters. The highest BCUT2D eigenvalue weighted by Gasteiger charge is 2.34. The molecular weight excluding hydrogens is 334 g/mol. The van der Waals surface area contributed by atoms with Crippen LogP contribution in [0.25, 0.3) is 16.3 Å². The van der Waals surface area contributed by atoms with Gasteiger partial charge in [0.05, 0.1) is 4.91 Å². The van der Waals surface area contributed by atoms with Gasteiger partial charge in [0, 0.05) is 6.54 Å². The van der Waals surface area contributed by atoms with E-state index in [1.165, 1.54) is 33.7 Å². The number of allylic oxidation sites excluding steroid dienone is 1. The molecule has 4 rings (SSSR count). The molecule has 0 spiro atoms. The first-order valence-electron chi connectivity index (χ1n) is 8.09. The number of carbonyl (C=O) groups excluding carboxylic acids is 1. The first kappa shape index (κ1) is 15.6. The molecule has 0 radical (unpaired) electrons.